The minimum atomic E-state index is 0.326. The van der Waals surface area contributed by atoms with Gasteiger partial charge in [0.05, 0.1) is 0 Å². The number of halogens is 1. The maximum absolute atomic E-state index is 6.04. The monoisotopic (exact) mass is 265 g/mol. The predicted molar refractivity (Wildman–Crippen MR) is 79.4 cm³/mol. The van der Waals surface area contributed by atoms with Gasteiger partial charge in [-0.1, -0.05) is 43.5 Å². The van der Waals surface area contributed by atoms with Crippen LogP contribution < -0.4 is 0 Å². The van der Waals surface area contributed by atoms with Gasteiger partial charge in [0.25, 0.3) is 0 Å². The largest absolute Gasteiger partial charge is 0.301 e. The van der Waals surface area contributed by atoms with E-state index in [4.69, 9.17) is 11.6 Å². The van der Waals surface area contributed by atoms with Crippen molar-refractivity contribution in [3.63, 3.8) is 0 Å². The summed E-state index contributed by atoms with van der Waals surface area (Å²) in [6, 6.07) is 9.48. The molecule has 0 aromatic heterocycles. The second-order valence-corrected chi connectivity index (χ2v) is 5.94. The Kier molecular flexibility index (Phi) is 5.08. The van der Waals surface area contributed by atoms with Gasteiger partial charge in [0.1, 0.15) is 0 Å². The average molecular weight is 266 g/mol. The van der Waals surface area contributed by atoms with Gasteiger partial charge in [-0.25, -0.2) is 0 Å². The first-order valence-corrected chi connectivity index (χ1v) is 7.58. The van der Waals surface area contributed by atoms with Crippen LogP contribution in [0.15, 0.2) is 24.3 Å². The van der Waals surface area contributed by atoms with E-state index in [1.165, 1.54) is 43.2 Å². The molecule has 100 valence electrons. The van der Waals surface area contributed by atoms with E-state index in [0.717, 1.165) is 5.92 Å². The lowest BCUT2D eigenvalue weighted by atomic mass is 9.84. The number of hydrogen-bond acceptors (Lipinski definition) is 1. The van der Waals surface area contributed by atoms with E-state index in [0.29, 0.717) is 11.9 Å². The first-order valence-electron chi connectivity index (χ1n) is 7.04. The molecule has 2 rings (SSSR count). The second kappa shape index (κ2) is 6.58. The molecule has 1 aromatic carbocycles. The fourth-order valence-electron chi connectivity index (χ4n) is 2.95. The Morgan fingerprint density at radius 3 is 2.22 bits per heavy atom. The summed E-state index contributed by atoms with van der Waals surface area (Å²) in [6.45, 7) is 0. The summed E-state index contributed by atoms with van der Waals surface area (Å²) in [5, 5.41) is 0. The minimum absolute atomic E-state index is 0.326. The lowest BCUT2D eigenvalue weighted by Crippen LogP contribution is -2.21. The Morgan fingerprint density at radius 1 is 1.11 bits per heavy atom. The topological polar surface area (TPSA) is 3.24 Å². The van der Waals surface area contributed by atoms with E-state index in [1.807, 2.05) is 0 Å². The quantitative estimate of drug-likeness (QED) is 0.721. The third kappa shape index (κ3) is 3.27. The van der Waals surface area contributed by atoms with Gasteiger partial charge in [-0.15, -0.1) is 11.6 Å². The van der Waals surface area contributed by atoms with E-state index in [2.05, 4.69) is 43.3 Å². The van der Waals surface area contributed by atoms with Crippen molar-refractivity contribution in [2.24, 2.45) is 0 Å². The van der Waals surface area contributed by atoms with Crippen LogP contribution in [-0.4, -0.2) is 24.9 Å². The van der Waals surface area contributed by atoms with E-state index < -0.39 is 0 Å². The van der Waals surface area contributed by atoms with Crippen LogP contribution in [0.1, 0.15) is 55.2 Å². The molecule has 1 aromatic rings. The molecular formula is C16H24ClN. The number of nitrogens with zero attached hydrogens (tertiary/aromatic N) is 1. The van der Waals surface area contributed by atoms with Crippen molar-refractivity contribution >= 4 is 11.6 Å². The summed E-state index contributed by atoms with van der Waals surface area (Å²) in [5.74, 6) is 1.44. The van der Waals surface area contributed by atoms with E-state index >= 15 is 0 Å². The highest BCUT2D eigenvalue weighted by Crippen LogP contribution is 2.33. The summed E-state index contributed by atoms with van der Waals surface area (Å²) in [7, 11) is 4.17. The molecule has 0 heterocycles. The van der Waals surface area contributed by atoms with Crippen molar-refractivity contribution in [2.75, 3.05) is 20.0 Å². The highest BCUT2D eigenvalue weighted by molar-refractivity contribution is 6.18. The van der Waals surface area contributed by atoms with E-state index in [-0.39, 0.29) is 0 Å². The third-order valence-corrected chi connectivity index (χ3v) is 4.46. The summed E-state index contributed by atoms with van der Waals surface area (Å²) in [6.07, 6.45) is 6.95. The molecule has 1 unspecified atom stereocenters. The van der Waals surface area contributed by atoms with Crippen molar-refractivity contribution in [1.29, 1.82) is 0 Å². The van der Waals surface area contributed by atoms with Gasteiger partial charge in [0.15, 0.2) is 0 Å². The van der Waals surface area contributed by atoms with Gasteiger partial charge in [0, 0.05) is 11.9 Å². The van der Waals surface area contributed by atoms with Gasteiger partial charge in [-0.2, -0.15) is 0 Å². The molecule has 0 spiro atoms. The SMILES string of the molecule is CN(C)C(CCl)c1ccc(C2CCCCC2)cc1. The van der Waals surface area contributed by atoms with Crippen LogP contribution in [0.4, 0.5) is 0 Å². The molecule has 0 bridgehead atoms. The van der Waals surface area contributed by atoms with Crippen molar-refractivity contribution in [3.8, 4) is 0 Å². The lowest BCUT2D eigenvalue weighted by molar-refractivity contribution is 0.324. The molecule has 1 aliphatic carbocycles. The number of hydrogen-bond donors (Lipinski definition) is 0. The highest BCUT2D eigenvalue weighted by atomic mass is 35.5. The minimum Gasteiger partial charge on any atom is -0.301 e. The fraction of sp³-hybridized carbons (Fsp3) is 0.625. The Labute approximate surface area is 116 Å². The van der Waals surface area contributed by atoms with Crippen LogP contribution >= 0.6 is 11.6 Å². The van der Waals surface area contributed by atoms with Crippen molar-refractivity contribution in [3.05, 3.63) is 35.4 Å². The summed E-state index contributed by atoms with van der Waals surface area (Å²) < 4.78 is 0. The van der Waals surface area contributed by atoms with E-state index in [1.54, 1.807) is 0 Å². The van der Waals surface area contributed by atoms with Crippen LogP contribution in [0.3, 0.4) is 0 Å². The molecule has 1 saturated carbocycles. The van der Waals surface area contributed by atoms with Crippen molar-refractivity contribution in [2.45, 2.75) is 44.1 Å². The standard InChI is InChI=1S/C16H24ClN/c1-18(2)16(12-17)15-10-8-14(9-11-15)13-6-4-3-5-7-13/h8-11,13,16H,3-7,12H2,1-2H3. The molecule has 1 aliphatic rings. The summed E-state index contributed by atoms with van der Waals surface area (Å²) >= 11 is 6.04. The van der Waals surface area contributed by atoms with Gasteiger partial charge >= 0.3 is 0 Å². The van der Waals surface area contributed by atoms with Gasteiger partial charge in [-0.3, -0.25) is 0 Å². The fourth-order valence-corrected chi connectivity index (χ4v) is 3.41. The van der Waals surface area contributed by atoms with Gasteiger partial charge in [0.2, 0.25) is 0 Å². The molecular weight excluding hydrogens is 242 g/mol. The van der Waals surface area contributed by atoms with Gasteiger partial charge in [-0.05, 0) is 44.0 Å². The van der Waals surface area contributed by atoms with Crippen molar-refractivity contribution < 1.29 is 0 Å². The molecule has 0 radical (unpaired) electrons. The maximum atomic E-state index is 6.04. The maximum Gasteiger partial charge on any atom is 0.0477 e. The highest BCUT2D eigenvalue weighted by Gasteiger charge is 2.17. The summed E-state index contributed by atoms with van der Waals surface area (Å²) in [5.41, 5.74) is 2.85. The Hall–Kier alpha value is -0.530. The molecule has 1 atom stereocenters. The molecule has 1 nitrogen and oxygen atoms in total. The molecule has 0 saturated heterocycles. The Morgan fingerprint density at radius 2 is 1.72 bits per heavy atom. The normalized spacial score (nSPS) is 19.1. The Bertz CT molecular complexity index is 352. The lowest BCUT2D eigenvalue weighted by Gasteiger charge is -2.25. The zero-order valence-corrected chi connectivity index (χ0v) is 12.3. The summed E-state index contributed by atoms with van der Waals surface area (Å²) in [4.78, 5) is 2.18. The molecule has 18 heavy (non-hydrogen) atoms. The third-order valence-electron chi connectivity index (χ3n) is 4.17. The zero-order chi connectivity index (χ0) is 13.0. The second-order valence-electron chi connectivity index (χ2n) is 5.64. The molecule has 1 fully saturated rings. The average Bonchev–Trinajstić information content (AvgIpc) is 2.41. The van der Waals surface area contributed by atoms with Crippen LogP contribution in [-0.2, 0) is 0 Å². The van der Waals surface area contributed by atoms with Crippen LogP contribution in [0, 0.1) is 0 Å². The first-order chi connectivity index (χ1) is 8.72. The smallest absolute Gasteiger partial charge is 0.0477 e. The van der Waals surface area contributed by atoms with Gasteiger partial charge < -0.3 is 4.90 Å². The molecule has 0 amide bonds. The Balaban J connectivity index is 2.08. The zero-order valence-electron chi connectivity index (χ0n) is 11.5. The predicted octanol–water partition coefficient (Wildman–Crippen LogP) is 4.58. The number of rotatable bonds is 4. The number of alkyl halides is 1. The molecule has 0 aliphatic heterocycles. The van der Waals surface area contributed by atoms with Crippen molar-refractivity contribution in [1.82, 2.24) is 4.90 Å². The van der Waals surface area contributed by atoms with E-state index in [9.17, 15) is 0 Å². The van der Waals surface area contributed by atoms with Crippen LogP contribution in [0.2, 0.25) is 0 Å². The number of benzene rings is 1. The first kappa shape index (κ1) is 13.9. The molecule has 0 N–H and O–H groups in total. The van der Waals surface area contributed by atoms with Crippen LogP contribution in [0.25, 0.3) is 0 Å². The molecule has 2 heteroatoms. The van der Waals surface area contributed by atoms with Crippen LogP contribution in [0.5, 0.6) is 0 Å².